The summed E-state index contributed by atoms with van der Waals surface area (Å²) < 4.78 is 1.87. The summed E-state index contributed by atoms with van der Waals surface area (Å²) in [6.07, 6.45) is 1.59. The fourth-order valence-electron chi connectivity index (χ4n) is 3.14. The number of rotatable bonds is 5. The van der Waals surface area contributed by atoms with Crippen LogP contribution in [-0.4, -0.2) is 28.0 Å². The minimum atomic E-state index is -0.0239. The second-order valence-corrected chi connectivity index (χ2v) is 6.98. The first-order valence-corrected chi connectivity index (χ1v) is 8.93. The highest BCUT2D eigenvalue weighted by Crippen LogP contribution is 2.23. The summed E-state index contributed by atoms with van der Waals surface area (Å²) in [6.45, 7) is 5.39. The molecule has 2 aromatic rings. The van der Waals surface area contributed by atoms with E-state index in [1.54, 1.807) is 4.90 Å². The van der Waals surface area contributed by atoms with E-state index >= 15 is 0 Å². The first kappa shape index (κ1) is 17.7. The molecular weight excluding hydrogens is 338 g/mol. The molecule has 0 spiro atoms. The van der Waals surface area contributed by atoms with Gasteiger partial charge in [-0.05, 0) is 37.5 Å². The summed E-state index contributed by atoms with van der Waals surface area (Å²) in [6, 6.07) is 7.59. The van der Waals surface area contributed by atoms with Gasteiger partial charge in [0.2, 0.25) is 5.91 Å². The van der Waals surface area contributed by atoms with Crippen molar-refractivity contribution in [2.75, 3.05) is 11.4 Å². The maximum Gasteiger partial charge on any atom is 0.228 e. The fraction of sp³-hybridized carbons (Fsp3) is 0.421. The predicted octanol–water partition coefficient (Wildman–Crippen LogP) is 3.48. The van der Waals surface area contributed by atoms with Crippen LogP contribution in [-0.2, 0) is 22.6 Å². The normalized spacial score (nSPS) is 13.6. The Bertz CT molecular complexity index is 813. The second-order valence-electron chi connectivity index (χ2n) is 6.58. The number of benzene rings is 1. The Kier molecular flexibility index (Phi) is 5.23. The molecule has 2 heterocycles. The number of carbonyl (C=O) groups is 2. The highest BCUT2D eigenvalue weighted by molar-refractivity contribution is 6.31. The van der Waals surface area contributed by atoms with Crippen molar-refractivity contribution in [3.05, 3.63) is 46.1 Å². The molecule has 132 valence electrons. The maximum absolute atomic E-state index is 12.5. The van der Waals surface area contributed by atoms with Gasteiger partial charge in [0.25, 0.3) is 0 Å². The van der Waals surface area contributed by atoms with Crippen molar-refractivity contribution < 1.29 is 9.59 Å². The number of halogens is 1. The lowest BCUT2D eigenvalue weighted by Gasteiger charge is -2.27. The van der Waals surface area contributed by atoms with Crippen LogP contribution in [0.5, 0.6) is 0 Å². The third kappa shape index (κ3) is 4.10. The Morgan fingerprint density at radius 2 is 1.96 bits per heavy atom. The number of aromatic nitrogens is 2. The zero-order valence-electron chi connectivity index (χ0n) is 14.6. The topological polar surface area (TPSA) is 55.2 Å². The molecule has 0 N–H and O–H groups in total. The van der Waals surface area contributed by atoms with E-state index in [9.17, 15) is 9.59 Å². The van der Waals surface area contributed by atoms with Crippen LogP contribution in [0.2, 0.25) is 5.02 Å². The van der Waals surface area contributed by atoms with Crippen molar-refractivity contribution in [1.29, 1.82) is 0 Å². The van der Waals surface area contributed by atoms with E-state index in [2.05, 4.69) is 5.10 Å². The molecule has 1 aliphatic rings. The number of nitrogens with zero attached hydrogens (tertiary/aromatic N) is 3. The summed E-state index contributed by atoms with van der Waals surface area (Å²) in [5.74, 6) is 0.841. The Labute approximate surface area is 152 Å². The van der Waals surface area contributed by atoms with Gasteiger partial charge in [0.05, 0.1) is 5.69 Å². The summed E-state index contributed by atoms with van der Waals surface area (Å²) in [4.78, 5) is 26.5. The van der Waals surface area contributed by atoms with Crippen molar-refractivity contribution in [1.82, 2.24) is 9.78 Å². The molecule has 3 rings (SSSR count). The quantitative estimate of drug-likeness (QED) is 0.821. The molecule has 6 heteroatoms. The van der Waals surface area contributed by atoms with Crippen LogP contribution in [0.25, 0.3) is 0 Å². The number of hydrogen-bond donors (Lipinski definition) is 0. The molecular formula is C19H22ClN3O2. The van der Waals surface area contributed by atoms with Crippen molar-refractivity contribution in [3.63, 3.8) is 0 Å². The van der Waals surface area contributed by atoms with Gasteiger partial charge < -0.3 is 0 Å². The maximum atomic E-state index is 12.5. The van der Waals surface area contributed by atoms with Crippen LogP contribution in [0.1, 0.15) is 36.1 Å². The highest BCUT2D eigenvalue weighted by Gasteiger charge is 2.24. The predicted molar refractivity (Wildman–Crippen MR) is 98.1 cm³/mol. The average Bonchev–Trinajstić information content (AvgIpc) is 2.95. The lowest BCUT2D eigenvalue weighted by Crippen LogP contribution is -2.37. The first-order valence-electron chi connectivity index (χ1n) is 8.55. The fourth-order valence-corrected chi connectivity index (χ4v) is 3.44. The first-order chi connectivity index (χ1) is 11.9. The summed E-state index contributed by atoms with van der Waals surface area (Å²) in [5, 5.41) is 5.00. The molecule has 0 radical (unpaired) electrons. The molecule has 1 amide bonds. The van der Waals surface area contributed by atoms with Gasteiger partial charge in [0.15, 0.2) is 0 Å². The summed E-state index contributed by atoms with van der Waals surface area (Å²) in [5.41, 5.74) is 2.78. The molecule has 1 aromatic heterocycles. The Balaban J connectivity index is 1.58. The minimum absolute atomic E-state index is 0.0239. The van der Waals surface area contributed by atoms with Crippen LogP contribution < -0.4 is 4.90 Å². The van der Waals surface area contributed by atoms with Gasteiger partial charge in [-0.3, -0.25) is 14.5 Å². The van der Waals surface area contributed by atoms with Crippen LogP contribution in [0.3, 0.4) is 0 Å². The molecule has 25 heavy (non-hydrogen) atoms. The number of fused-ring (bicyclic) bond motifs is 1. The van der Waals surface area contributed by atoms with E-state index in [0.29, 0.717) is 11.6 Å². The third-order valence-electron chi connectivity index (χ3n) is 4.42. The van der Waals surface area contributed by atoms with Gasteiger partial charge >= 0.3 is 0 Å². The van der Waals surface area contributed by atoms with E-state index in [1.807, 2.05) is 42.8 Å². The van der Waals surface area contributed by atoms with Gasteiger partial charge in [-0.1, -0.05) is 23.7 Å². The molecule has 0 fully saturated rings. The van der Waals surface area contributed by atoms with Gasteiger partial charge in [-0.25, -0.2) is 4.68 Å². The number of carbonyl (C=O) groups excluding carboxylic acids is 2. The Hall–Kier alpha value is -2.14. The average molecular weight is 360 g/mol. The molecule has 0 atom stereocenters. The lowest BCUT2D eigenvalue weighted by molar-refractivity contribution is -0.123. The van der Waals surface area contributed by atoms with E-state index < -0.39 is 0 Å². The second kappa shape index (κ2) is 7.40. The third-order valence-corrected chi connectivity index (χ3v) is 4.78. The van der Waals surface area contributed by atoms with Crippen LogP contribution in [0, 0.1) is 13.8 Å². The van der Waals surface area contributed by atoms with Crippen molar-refractivity contribution in [2.45, 2.75) is 46.1 Å². The van der Waals surface area contributed by atoms with Crippen LogP contribution in [0.4, 0.5) is 5.82 Å². The number of Topliss-reactive ketones (excluding diaryl/α,β-unsaturated/α-hetero) is 1. The Morgan fingerprint density at radius 1 is 1.16 bits per heavy atom. The molecule has 0 bridgehead atoms. The molecule has 0 saturated carbocycles. The van der Waals surface area contributed by atoms with Crippen molar-refractivity contribution >= 4 is 29.1 Å². The van der Waals surface area contributed by atoms with E-state index in [1.165, 1.54) is 0 Å². The molecule has 1 aromatic carbocycles. The molecule has 1 aliphatic heterocycles. The van der Waals surface area contributed by atoms with Crippen LogP contribution >= 0.6 is 11.6 Å². The highest BCUT2D eigenvalue weighted by atomic mass is 35.5. The molecule has 0 saturated heterocycles. The van der Waals surface area contributed by atoms with Crippen LogP contribution in [0.15, 0.2) is 24.3 Å². The lowest BCUT2D eigenvalue weighted by atomic mass is 10.0. The standard InChI is InChI=1S/C19H22ClN3O2/c1-13-4-5-15(17(20)10-13)12-16(24)6-7-19(25)22-8-3-9-23-18(22)11-14(2)21-23/h4-5,10-11H,3,6-9,12H2,1-2H3. The minimum Gasteiger partial charge on any atom is -0.299 e. The molecule has 5 nitrogen and oxygen atoms in total. The number of amides is 1. The summed E-state index contributed by atoms with van der Waals surface area (Å²) in [7, 11) is 0. The van der Waals surface area contributed by atoms with Gasteiger partial charge in [0.1, 0.15) is 11.6 Å². The van der Waals surface area contributed by atoms with Crippen molar-refractivity contribution in [2.24, 2.45) is 0 Å². The van der Waals surface area contributed by atoms with Gasteiger partial charge in [-0.15, -0.1) is 0 Å². The monoisotopic (exact) mass is 359 g/mol. The van der Waals surface area contributed by atoms with E-state index in [0.717, 1.165) is 35.6 Å². The molecule has 0 unspecified atom stereocenters. The van der Waals surface area contributed by atoms with Gasteiger partial charge in [-0.2, -0.15) is 5.10 Å². The zero-order chi connectivity index (χ0) is 18.0. The van der Waals surface area contributed by atoms with Crippen molar-refractivity contribution in [3.8, 4) is 0 Å². The van der Waals surface area contributed by atoms with E-state index in [4.69, 9.17) is 11.6 Å². The molecule has 0 aliphatic carbocycles. The summed E-state index contributed by atoms with van der Waals surface area (Å²) >= 11 is 6.18. The number of ketones is 1. The number of aryl methyl sites for hydroxylation is 3. The zero-order valence-corrected chi connectivity index (χ0v) is 15.3. The largest absolute Gasteiger partial charge is 0.299 e. The Morgan fingerprint density at radius 3 is 2.72 bits per heavy atom. The number of hydrogen-bond acceptors (Lipinski definition) is 3. The SMILES string of the molecule is Cc1ccc(CC(=O)CCC(=O)N2CCCn3nc(C)cc32)c(Cl)c1. The number of anilines is 1. The van der Waals surface area contributed by atoms with E-state index in [-0.39, 0.29) is 31.0 Å². The smallest absolute Gasteiger partial charge is 0.228 e. The van der Waals surface area contributed by atoms with Gasteiger partial charge in [0, 0.05) is 43.4 Å².